The molecule has 0 bridgehead atoms. The molecule has 0 spiro atoms. The van der Waals surface area contributed by atoms with Crippen molar-refractivity contribution in [2.24, 2.45) is 0 Å². The standard InChI is InChI=1S/C23H24/c1-5-19-11-7-9-13-21(19)23-15-17(3)22(14-18(23)4)20-12-8-6-10-16(20)2/h6-15H,5H2,1-4H3. The molecule has 0 fully saturated rings. The van der Waals surface area contributed by atoms with Crippen molar-refractivity contribution in [3.05, 3.63) is 82.9 Å². The number of aryl methyl sites for hydroxylation is 4. The topological polar surface area (TPSA) is 0 Å². The summed E-state index contributed by atoms with van der Waals surface area (Å²) in [4.78, 5) is 0. The number of rotatable bonds is 3. The summed E-state index contributed by atoms with van der Waals surface area (Å²) in [7, 11) is 0. The van der Waals surface area contributed by atoms with Crippen LogP contribution in [0.15, 0.2) is 60.7 Å². The van der Waals surface area contributed by atoms with Crippen LogP contribution in [0, 0.1) is 20.8 Å². The van der Waals surface area contributed by atoms with Crippen molar-refractivity contribution in [3.8, 4) is 22.3 Å². The summed E-state index contributed by atoms with van der Waals surface area (Å²) in [6, 6.07) is 22.1. The average molecular weight is 300 g/mol. The van der Waals surface area contributed by atoms with Gasteiger partial charge in [-0.2, -0.15) is 0 Å². The van der Waals surface area contributed by atoms with E-state index in [9.17, 15) is 0 Å². The lowest BCUT2D eigenvalue weighted by Gasteiger charge is -2.16. The van der Waals surface area contributed by atoms with Gasteiger partial charge in [0.25, 0.3) is 0 Å². The summed E-state index contributed by atoms with van der Waals surface area (Å²) in [6.45, 7) is 8.86. The number of benzene rings is 3. The molecule has 0 nitrogen and oxygen atoms in total. The third kappa shape index (κ3) is 2.94. The summed E-state index contributed by atoms with van der Waals surface area (Å²) in [6.07, 6.45) is 1.06. The molecule has 0 heterocycles. The van der Waals surface area contributed by atoms with Crippen LogP contribution in [-0.4, -0.2) is 0 Å². The van der Waals surface area contributed by atoms with Crippen molar-refractivity contribution in [2.45, 2.75) is 34.1 Å². The van der Waals surface area contributed by atoms with Crippen LogP contribution in [0.1, 0.15) is 29.2 Å². The Hall–Kier alpha value is -2.34. The molecule has 23 heavy (non-hydrogen) atoms. The van der Waals surface area contributed by atoms with E-state index in [1.807, 2.05) is 0 Å². The molecule has 3 rings (SSSR count). The molecule has 0 N–H and O–H groups in total. The van der Waals surface area contributed by atoms with Crippen LogP contribution in [0.2, 0.25) is 0 Å². The molecule has 0 saturated carbocycles. The molecule has 3 aromatic carbocycles. The molecule has 3 aromatic rings. The Morgan fingerprint density at radius 3 is 1.70 bits per heavy atom. The molecular formula is C23H24. The first kappa shape index (κ1) is 15.6. The Morgan fingerprint density at radius 1 is 0.565 bits per heavy atom. The van der Waals surface area contributed by atoms with Gasteiger partial charge in [0.1, 0.15) is 0 Å². The Bertz CT molecular complexity index is 840. The van der Waals surface area contributed by atoms with Crippen molar-refractivity contribution in [1.82, 2.24) is 0 Å². The molecule has 0 aliphatic heterocycles. The Labute approximate surface area is 139 Å². The first-order valence-corrected chi connectivity index (χ1v) is 8.37. The fraction of sp³-hybridized carbons (Fsp3) is 0.217. The maximum absolute atomic E-state index is 2.35. The zero-order chi connectivity index (χ0) is 16.4. The summed E-state index contributed by atoms with van der Waals surface area (Å²) >= 11 is 0. The quantitative estimate of drug-likeness (QED) is 0.517. The maximum Gasteiger partial charge on any atom is -0.0149 e. The highest BCUT2D eigenvalue weighted by Crippen LogP contribution is 2.34. The molecule has 0 amide bonds. The SMILES string of the molecule is CCc1ccccc1-c1cc(C)c(-c2ccccc2C)cc1C. The second-order valence-corrected chi connectivity index (χ2v) is 6.31. The van der Waals surface area contributed by atoms with E-state index < -0.39 is 0 Å². The van der Waals surface area contributed by atoms with Gasteiger partial charge in [-0.1, -0.05) is 67.6 Å². The van der Waals surface area contributed by atoms with Crippen LogP contribution in [0.5, 0.6) is 0 Å². The van der Waals surface area contributed by atoms with Gasteiger partial charge >= 0.3 is 0 Å². The van der Waals surface area contributed by atoms with Gasteiger partial charge in [-0.25, -0.2) is 0 Å². The molecule has 0 atom stereocenters. The summed E-state index contributed by atoms with van der Waals surface area (Å²) in [5.41, 5.74) is 10.8. The van der Waals surface area contributed by atoms with Crippen LogP contribution >= 0.6 is 0 Å². The van der Waals surface area contributed by atoms with Gasteiger partial charge in [-0.05, 0) is 71.7 Å². The second-order valence-electron chi connectivity index (χ2n) is 6.31. The van der Waals surface area contributed by atoms with Crippen molar-refractivity contribution in [2.75, 3.05) is 0 Å². The molecule has 0 heteroatoms. The fourth-order valence-corrected chi connectivity index (χ4v) is 3.36. The Kier molecular flexibility index (Phi) is 4.34. The predicted octanol–water partition coefficient (Wildman–Crippen LogP) is 6.51. The van der Waals surface area contributed by atoms with E-state index in [4.69, 9.17) is 0 Å². The van der Waals surface area contributed by atoms with Crippen LogP contribution in [0.3, 0.4) is 0 Å². The van der Waals surface area contributed by atoms with Crippen molar-refractivity contribution >= 4 is 0 Å². The minimum absolute atomic E-state index is 1.06. The lowest BCUT2D eigenvalue weighted by atomic mass is 9.88. The van der Waals surface area contributed by atoms with Crippen molar-refractivity contribution in [3.63, 3.8) is 0 Å². The van der Waals surface area contributed by atoms with Crippen molar-refractivity contribution in [1.29, 1.82) is 0 Å². The predicted molar refractivity (Wildman–Crippen MR) is 101 cm³/mol. The van der Waals surface area contributed by atoms with Crippen molar-refractivity contribution < 1.29 is 0 Å². The van der Waals surface area contributed by atoms with E-state index >= 15 is 0 Å². The third-order valence-electron chi connectivity index (χ3n) is 4.70. The lowest BCUT2D eigenvalue weighted by molar-refractivity contribution is 1.14. The Balaban J connectivity index is 2.17. The van der Waals surface area contributed by atoms with Crippen LogP contribution < -0.4 is 0 Å². The van der Waals surface area contributed by atoms with Crippen LogP contribution in [0.25, 0.3) is 22.3 Å². The van der Waals surface area contributed by atoms with Gasteiger partial charge < -0.3 is 0 Å². The van der Waals surface area contributed by atoms with E-state index in [0.717, 1.165) is 6.42 Å². The summed E-state index contributed by atoms with van der Waals surface area (Å²) in [5.74, 6) is 0. The van der Waals surface area contributed by atoms with E-state index in [1.165, 1.54) is 44.5 Å². The smallest absolute Gasteiger partial charge is 0.0149 e. The van der Waals surface area contributed by atoms with E-state index in [0.29, 0.717) is 0 Å². The zero-order valence-electron chi connectivity index (χ0n) is 14.5. The van der Waals surface area contributed by atoms with E-state index in [1.54, 1.807) is 0 Å². The molecule has 0 aliphatic carbocycles. The molecule has 0 aliphatic rings. The highest BCUT2D eigenvalue weighted by atomic mass is 14.2. The highest BCUT2D eigenvalue weighted by Gasteiger charge is 2.11. The fourth-order valence-electron chi connectivity index (χ4n) is 3.36. The molecule has 0 unspecified atom stereocenters. The van der Waals surface area contributed by atoms with Gasteiger partial charge in [0.15, 0.2) is 0 Å². The minimum Gasteiger partial charge on any atom is -0.0620 e. The highest BCUT2D eigenvalue weighted by molar-refractivity contribution is 5.78. The third-order valence-corrected chi connectivity index (χ3v) is 4.70. The molecule has 116 valence electrons. The van der Waals surface area contributed by atoms with Gasteiger partial charge in [0.2, 0.25) is 0 Å². The van der Waals surface area contributed by atoms with E-state index in [-0.39, 0.29) is 0 Å². The summed E-state index contributed by atoms with van der Waals surface area (Å²) < 4.78 is 0. The zero-order valence-corrected chi connectivity index (χ0v) is 14.5. The number of hydrogen-bond acceptors (Lipinski definition) is 0. The van der Waals surface area contributed by atoms with Gasteiger partial charge in [0.05, 0.1) is 0 Å². The van der Waals surface area contributed by atoms with Crippen LogP contribution in [-0.2, 0) is 6.42 Å². The minimum atomic E-state index is 1.06. The number of hydrogen-bond donors (Lipinski definition) is 0. The maximum atomic E-state index is 2.35. The monoisotopic (exact) mass is 300 g/mol. The molecule has 0 saturated heterocycles. The largest absolute Gasteiger partial charge is 0.0620 e. The van der Waals surface area contributed by atoms with Gasteiger partial charge in [-0.3, -0.25) is 0 Å². The van der Waals surface area contributed by atoms with Crippen LogP contribution in [0.4, 0.5) is 0 Å². The van der Waals surface area contributed by atoms with E-state index in [2.05, 4.69) is 88.4 Å². The summed E-state index contributed by atoms with van der Waals surface area (Å²) in [5, 5.41) is 0. The first-order chi connectivity index (χ1) is 11.1. The normalized spacial score (nSPS) is 10.8. The van der Waals surface area contributed by atoms with Gasteiger partial charge in [0, 0.05) is 0 Å². The average Bonchev–Trinajstić information content (AvgIpc) is 2.57. The second kappa shape index (κ2) is 6.42. The van der Waals surface area contributed by atoms with Gasteiger partial charge in [-0.15, -0.1) is 0 Å². The molecule has 0 aromatic heterocycles. The lowest BCUT2D eigenvalue weighted by Crippen LogP contribution is -1.94. The Morgan fingerprint density at radius 2 is 1.09 bits per heavy atom. The molecular weight excluding hydrogens is 276 g/mol. The molecule has 0 radical (unpaired) electrons. The first-order valence-electron chi connectivity index (χ1n) is 8.37.